The largest absolute Gasteiger partial charge is 0.291 e. The number of allylic oxidation sites excluding steroid dienone is 6. The fourth-order valence-corrected chi connectivity index (χ4v) is 1.55. The van der Waals surface area contributed by atoms with Crippen LogP contribution in [0.2, 0.25) is 0 Å². The van der Waals surface area contributed by atoms with Crippen molar-refractivity contribution >= 4 is 6.41 Å². The number of hydrogen-bond donors (Lipinski definition) is 0. The molecule has 0 aliphatic heterocycles. The summed E-state index contributed by atoms with van der Waals surface area (Å²) < 4.78 is 0. The number of nitrogens with zero attached hydrogens (tertiary/aromatic N) is 1. The molecule has 2 rings (SSSR count). The van der Waals surface area contributed by atoms with Gasteiger partial charge in [0.25, 0.3) is 0 Å². The molecule has 0 aromatic rings. The molecular formula is C11H11NO. The minimum Gasteiger partial charge on any atom is -0.291 e. The van der Waals surface area contributed by atoms with Crippen LogP contribution in [0.3, 0.4) is 0 Å². The van der Waals surface area contributed by atoms with Gasteiger partial charge in [0, 0.05) is 24.2 Å². The number of amides is 1. The third-order valence-electron chi connectivity index (χ3n) is 2.23. The SMILES string of the molecule is O=CN(C1=CC=CC1)C1=CC=CC1. The molecule has 0 saturated heterocycles. The average molecular weight is 173 g/mol. The van der Waals surface area contributed by atoms with Gasteiger partial charge in [-0.2, -0.15) is 0 Å². The molecule has 0 unspecified atom stereocenters. The average Bonchev–Trinajstić information content (AvgIpc) is 2.76. The predicted octanol–water partition coefficient (Wildman–Crippen LogP) is 2.13. The van der Waals surface area contributed by atoms with E-state index < -0.39 is 0 Å². The van der Waals surface area contributed by atoms with Gasteiger partial charge in [0.05, 0.1) is 0 Å². The van der Waals surface area contributed by atoms with Crippen molar-refractivity contribution < 1.29 is 4.79 Å². The molecule has 2 aliphatic rings. The Labute approximate surface area is 77.5 Å². The van der Waals surface area contributed by atoms with E-state index in [4.69, 9.17) is 0 Å². The maximum atomic E-state index is 10.9. The molecule has 1 amide bonds. The van der Waals surface area contributed by atoms with E-state index in [1.54, 1.807) is 4.90 Å². The molecule has 0 radical (unpaired) electrons. The molecule has 0 spiro atoms. The standard InChI is InChI=1S/C11H11NO/c13-9-12(10-5-1-2-6-10)11-7-3-4-8-11/h1-5,7,9H,6,8H2. The van der Waals surface area contributed by atoms with Crippen molar-refractivity contribution in [1.82, 2.24) is 4.90 Å². The number of rotatable bonds is 3. The summed E-state index contributed by atoms with van der Waals surface area (Å²) in [6, 6.07) is 0. The molecule has 13 heavy (non-hydrogen) atoms. The molecule has 0 bridgehead atoms. The second kappa shape index (κ2) is 3.44. The smallest absolute Gasteiger partial charge is 0.218 e. The van der Waals surface area contributed by atoms with Gasteiger partial charge in [0.15, 0.2) is 0 Å². The topological polar surface area (TPSA) is 20.3 Å². The van der Waals surface area contributed by atoms with E-state index in [0.717, 1.165) is 30.6 Å². The zero-order valence-electron chi connectivity index (χ0n) is 7.31. The van der Waals surface area contributed by atoms with Gasteiger partial charge < -0.3 is 0 Å². The highest BCUT2D eigenvalue weighted by atomic mass is 16.1. The van der Waals surface area contributed by atoms with Crippen LogP contribution in [-0.2, 0) is 4.79 Å². The fraction of sp³-hybridized carbons (Fsp3) is 0.182. The second-order valence-corrected chi connectivity index (χ2v) is 3.06. The Morgan fingerprint density at radius 1 is 1.08 bits per heavy atom. The van der Waals surface area contributed by atoms with E-state index in [0.29, 0.717) is 0 Å². The van der Waals surface area contributed by atoms with Crippen molar-refractivity contribution in [3.63, 3.8) is 0 Å². The molecule has 0 aromatic heterocycles. The molecule has 66 valence electrons. The Morgan fingerprint density at radius 2 is 1.62 bits per heavy atom. The van der Waals surface area contributed by atoms with Crippen LogP contribution in [-0.4, -0.2) is 11.3 Å². The highest BCUT2D eigenvalue weighted by Gasteiger charge is 2.14. The van der Waals surface area contributed by atoms with E-state index in [-0.39, 0.29) is 0 Å². The molecule has 0 atom stereocenters. The van der Waals surface area contributed by atoms with E-state index in [2.05, 4.69) is 12.2 Å². The summed E-state index contributed by atoms with van der Waals surface area (Å²) in [4.78, 5) is 12.6. The number of hydrogen-bond acceptors (Lipinski definition) is 1. The van der Waals surface area contributed by atoms with Crippen LogP contribution >= 0.6 is 0 Å². The first-order valence-corrected chi connectivity index (χ1v) is 4.38. The summed E-state index contributed by atoms with van der Waals surface area (Å²) in [5.74, 6) is 0. The van der Waals surface area contributed by atoms with Crippen molar-refractivity contribution in [3.05, 3.63) is 47.9 Å². The van der Waals surface area contributed by atoms with E-state index in [9.17, 15) is 4.79 Å². The van der Waals surface area contributed by atoms with Crippen molar-refractivity contribution in [1.29, 1.82) is 0 Å². The van der Waals surface area contributed by atoms with Gasteiger partial charge in [-0.25, -0.2) is 0 Å². The third-order valence-corrected chi connectivity index (χ3v) is 2.23. The fourth-order valence-electron chi connectivity index (χ4n) is 1.55. The Hall–Kier alpha value is -1.57. The molecule has 2 nitrogen and oxygen atoms in total. The zero-order valence-corrected chi connectivity index (χ0v) is 7.31. The molecule has 0 fully saturated rings. The minimum absolute atomic E-state index is 0.857. The normalized spacial score (nSPS) is 18.8. The Kier molecular flexibility index (Phi) is 2.13. The van der Waals surface area contributed by atoms with Crippen molar-refractivity contribution in [3.8, 4) is 0 Å². The Bertz CT molecular complexity index is 304. The molecule has 0 aromatic carbocycles. The van der Waals surface area contributed by atoms with Crippen LogP contribution < -0.4 is 0 Å². The molecule has 2 heteroatoms. The summed E-state index contributed by atoms with van der Waals surface area (Å²) >= 11 is 0. The lowest BCUT2D eigenvalue weighted by Crippen LogP contribution is -2.18. The van der Waals surface area contributed by atoms with Crippen molar-refractivity contribution in [2.75, 3.05) is 0 Å². The van der Waals surface area contributed by atoms with Crippen LogP contribution in [0.25, 0.3) is 0 Å². The van der Waals surface area contributed by atoms with Crippen LogP contribution in [0.5, 0.6) is 0 Å². The third kappa shape index (κ3) is 1.47. The lowest BCUT2D eigenvalue weighted by Gasteiger charge is -2.19. The summed E-state index contributed by atoms with van der Waals surface area (Å²) in [5.41, 5.74) is 2.12. The van der Waals surface area contributed by atoms with Gasteiger partial charge in [0.2, 0.25) is 6.41 Å². The Morgan fingerprint density at radius 3 is 1.92 bits per heavy atom. The molecule has 2 aliphatic carbocycles. The van der Waals surface area contributed by atoms with Crippen molar-refractivity contribution in [2.45, 2.75) is 12.8 Å². The summed E-state index contributed by atoms with van der Waals surface area (Å²) in [6.07, 6.45) is 14.6. The molecule has 0 saturated carbocycles. The lowest BCUT2D eigenvalue weighted by atomic mass is 10.3. The van der Waals surface area contributed by atoms with Gasteiger partial charge in [-0.05, 0) is 12.2 Å². The molecule has 0 N–H and O–H groups in total. The predicted molar refractivity (Wildman–Crippen MR) is 51.6 cm³/mol. The van der Waals surface area contributed by atoms with Crippen LogP contribution in [0.1, 0.15) is 12.8 Å². The van der Waals surface area contributed by atoms with Gasteiger partial charge >= 0.3 is 0 Å². The first kappa shape index (κ1) is 8.05. The first-order chi connectivity index (χ1) is 6.42. The van der Waals surface area contributed by atoms with E-state index in [1.165, 1.54) is 0 Å². The quantitative estimate of drug-likeness (QED) is 0.599. The lowest BCUT2D eigenvalue weighted by molar-refractivity contribution is -0.115. The summed E-state index contributed by atoms with van der Waals surface area (Å²) in [6.45, 7) is 0. The first-order valence-electron chi connectivity index (χ1n) is 4.38. The van der Waals surface area contributed by atoms with Crippen molar-refractivity contribution in [2.24, 2.45) is 0 Å². The maximum Gasteiger partial charge on any atom is 0.218 e. The molecule has 0 heterocycles. The molecular weight excluding hydrogens is 162 g/mol. The number of carbonyl (C=O) groups excluding carboxylic acids is 1. The van der Waals surface area contributed by atoms with Gasteiger partial charge in [0.1, 0.15) is 0 Å². The summed E-state index contributed by atoms with van der Waals surface area (Å²) in [7, 11) is 0. The maximum absolute atomic E-state index is 10.9. The van der Waals surface area contributed by atoms with Gasteiger partial charge in [-0.3, -0.25) is 9.69 Å². The van der Waals surface area contributed by atoms with E-state index >= 15 is 0 Å². The highest BCUT2D eigenvalue weighted by molar-refractivity contribution is 5.57. The highest BCUT2D eigenvalue weighted by Crippen LogP contribution is 2.23. The van der Waals surface area contributed by atoms with Gasteiger partial charge in [-0.1, -0.05) is 24.3 Å². The van der Waals surface area contributed by atoms with Crippen LogP contribution in [0.15, 0.2) is 47.9 Å². The van der Waals surface area contributed by atoms with E-state index in [1.807, 2.05) is 24.3 Å². The monoisotopic (exact) mass is 173 g/mol. The van der Waals surface area contributed by atoms with Crippen LogP contribution in [0, 0.1) is 0 Å². The van der Waals surface area contributed by atoms with Crippen LogP contribution in [0.4, 0.5) is 0 Å². The Balaban J connectivity index is 2.14. The minimum atomic E-state index is 0.857. The van der Waals surface area contributed by atoms with Gasteiger partial charge in [-0.15, -0.1) is 0 Å². The number of carbonyl (C=O) groups is 1. The summed E-state index contributed by atoms with van der Waals surface area (Å²) in [5, 5.41) is 0. The zero-order chi connectivity index (χ0) is 9.10. The second-order valence-electron chi connectivity index (χ2n) is 3.06.